The smallest absolute Gasteiger partial charge is 0.320 e. The Morgan fingerprint density at radius 3 is 1.83 bits per heavy atom. The van der Waals surface area contributed by atoms with Gasteiger partial charge >= 0.3 is 5.97 Å². The van der Waals surface area contributed by atoms with Crippen molar-refractivity contribution in [3.8, 4) is 0 Å². The molecule has 0 spiro atoms. The molecule has 5 atom stereocenters. The highest BCUT2D eigenvalue weighted by Crippen LogP contribution is 2.02. The molecule has 9 heteroatoms. The number of aldehydes is 1. The summed E-state index contributed by atoms with van der Waals surface area (Å²) in [6, 6.07) is -0.731. The van der Waals surface area contributed by atoms with E-state index in [1.54, 1.807) is 0 Å². The summed E-state index contributed by atoms with van der Waals surface area (Å²) in [5.41, 5.74) is 4.84. The van der Waals surface area contributed by atoms with Gasteiger partial charge in [-0.3, -0.25) is 4.79 Å². The van der Waals surface area contributed by atoms with Crippen LogP contribution in [0.25, 0.3) is 0 Å². The Hall–Kier alpha value is -1.10. The van der Waals surface area contributed by atoms with Gasteiger partial charge in [0.25, 0.3) is 0 Å². The molecule has 0 rings (SSSR count). The van der Waals surface area contributed by atoms with Gasteiger partial charge in [0.2, 0.25) is 0 Å². The van der Waals surface area contributed by atoms with Gasteiger partial charge in [-0.1, -0.05) is 0 Å². The third-order valence-corrected chi connectivity index (χ3v) is 1.81. The standard InChI is InChI=1S/C6H12O6.C3H7NO2/c7-1-3(9)5(11)6(12)4(10)2-8;1-2(4)3(5)6/h1,3-6,8-12H,2H2;2H,4H2,1H3,(H,5,6)/t3-,4+,5+,6+;2-/m01/s1. The van der Waals surface area contributed by atoms with Crippen LogP contribution in [0, 0.1) is 0 Å². The van der Waals surface area contributed by atoms with Crippen LogP contribution in [0.3, 0.4) is 0 Å². The maximum Gasteiger partial charge on any atom is 0.320 e. The maximum atomic E-state index is 9.90. The molecule has 0 fully saturated rings. The molecule has 0 aliphatic heterocycles. The van der Waals surface area contributed by atoms with E-state index < -0.39 is 43.0 Å². The van der Waals surface area contributed by atoms with Crippen LogP contribution in [-0.4, -0.2) is 80.0 Å². The molecule has 108 valence electrons. The van der Waals surface area contributed by atoms with Gasteiger partial charge in [0.1, 0.15) is 30.5 Å². The van der Waals surface area contributed by atoms with Crippen molar-refractivity contribution in [2.75, 3.05) is 6.61 Å². The van der Waals surface area contributed by atoms with Gasteiger partial charge in [0.05, 0.1) is 6.61 Å². The number of rotatable bonds is 6. The van der Waals surface area contributed by atoms with Crippen molar-refractivity contribution in [3.63, 3.8) is 0 Å². The number of hydrogen-bond donors (Lipinski definition) is 7. The molecule has 0 unspecified atom stereocenters. The monoisotopic (exact) mass is 269 g/mol. The summed E-state index contributed by atoms with van der Waals surface area (Å²) < 4.78 is 0. The highest BCUT2D eigenvalue weighted by atomic mass is 16.4. The van der Waals surface area contributed by atoms with E-state index in [1.807, 2.05) is 0 Å². The molecule has 0 radical (unpaired) electrons. The lowest BCUT2D eigenvalue weighted by atomic mass is 10.0. The van der Waals surface area contributed by atoms with Crippen LogP contribution in [-0.2, 0) is 9.59 Å². The predicted molar refractivity (Wildman–Crippen MR) is 58.5 cm³/mol. The minimum Gasteiger partial charge on any atom is -0.480 e. The zero-order chi connectivity index (χ0) is 14.9. The van der Waals surface area contributed by atoms with Gasteiger partial charge in [-0.2, -0.15) is 0 Å². The Labute approximate surface area is 103 Å². The van der Waals surface area contributed by atoms with E-state index in [0.29, 0.717) is 0 Å². The molecule has 8 N–H and O–H groups in total. The molecule has 0 saturated heterocycles. The van der Waals surface area contributed by atoms with Crippen molar-refractivity contribution < 1.29 is 40.2 Å². The van der Waals surface area contributed by atoms with Gasteiger partial charge in [-0.25, -0.2) is 0 Å². The number of carboxylic acid groups (broad SMARTS) is 1. The van der Waals surface area contributed by atoms with Crippen LogP contribution in [0.4, 0.5) is 0 Å². The van der Waals surface area contributed by atoms with E-state index in [0.717, 1.165) is 0 Å². The van der Waals surface area contributed by atoms with Gasteiger partial charge in [-0.05, 0) is 6.92 Å². The second-order valence-corrected chi connectivity index (χ2v) is 3.48. The second kappa shape index (κ2) is 9.88. The van der Waals surface area contributed by atoms with E-state index in [1.165, 1.54) is 6.92 Å². The zero-order valence-electron chi connectivity index (χ0n) is 9.75. The van der Waals surface area contributed by atoms with Crippen LogP contribution in [0.15, 0.2) is 0 Å². The van der Waals surface area contributed by atoms with E-state index >= 15 is 0 Å². The lowest BCUT2D eigenvalue weighted by Gasteiger charge is -2.22. The summed E-state index contributed by atoms with van der Waals surface area (Å²) in [5, 5.41) is 51.4. The fraction of sp³-hybridized carbons (Fsp3) is 0.778. The average Bonchev–Trinajstić information content (AvgIpc) is 2.35. The molecule has 18 heavy (non-hydrogen) atoms. The van der Waals surface area contributed by atoms with E-state index in [2.05, 4.69) is 0 Å². The normalized spacial score (nSPS) is 18.6. The van der Waals surface area contributed by atoms with E-state index in [4.69, 9.17) is 36.4 Å². The minimum absolute atomic E-state index is 0.0258. The summed E-state index contributed by atoms with van der Waals surface area (Å²) in [5.74, 6) is -0.963. The number of nitrogens with two attached hydrogens (primary N) is 1. The van der Waals surface area contributed by atoms with Crippen LogP contribution in [0.1, 0.15) is 6.92 Å². The van der Waals surface area contributed by atoms with Gasteiger partial charge in [-0.15, -0.1) is 0 Å². The molecule has 0 amide bonds. The molecule has 0 aromatic carbocycles. The minimum atomic E-state index is -1.79. The van der Waals surface area contributed by atoms with Crippen LogP contribution in [0.5, 0.6) is 0 Å². The first-order valence-electron chi connectivity index (χ1n) is 4.95. The lowest BCUT2D eigenvalue weighted by Crippen LogP contribution is -2.46. The largest absolute Gasteiger partial charge is 0.480 e. The Bertz CT molecular complexity index is 247. The quantitative estimate of drug-likeness (QED) is 0.236. The Balaban J connectivity index is 0. The Kier molecular flexibility index (Phi) is 10.6. The Morgan fingerprint density at radius 2 is 1.61 bits per heavy atom. The number of carbonyl (C=O) groups is 2. The summed E-state index contributed by atoms with van der Waals surface area (Å²) in [4.78, 5) is 19.5. The maximum absolute atomic E-state index is 9.90. The second-order valence-electron chi connectivity index (χ2n) is 3.48. The molecule has 0 aliphatic carbocycles. The first-order valence-corrected chi connectivity index (χ1v) is 4.95. The molecule has 0 aromatic heterocycles. The SMILES string of the molecule is C[C@@H](N)C(=O)O.O=C[C@H](O)[C@@H](O)[C@H](O)[C@H](O)CO. The summed E-state index contributed by atoms with van der Waals surface area (Å²) in [6.07, 6.45) is -6.84. The molecular formula is C9H19NO8. The average molecular weight is 269 g/mol. The molecule has 9 nitrogen and oxygen atoms in total. The molecule has 0 saturated carbocycles. The molecular weight excluding hydrogens is 250 g/mol. The third kappa shape index (κ3) is 8.06. The van der Waals surface area contributed by atoms with Crippen molar-refractivity contribution in [2.45, 2.75) is 37.4 Å². The number of aliphatic hydroxyl groups is 5. The highest BCUT2D eigenvalue weighted by Gasteiger charge is 2.29. The molecule has 0 heterocycles. The van der Waals surface area contributed by atoms with Crippen molar-refractivity contribution in [1.82, 2.24) is 0 Å². The number of hydrogen-bond acceptors (Lipinski definition) is 8. The fourth-order valence-corrected chi connectivity index (χ4v) is 0.618. The van der Waals surface area contributed by atoms with Crippen molar-refractivity contribution >= 4 is 12.3 Å². The third-order valence-electron chi connectivity index (χ3n) is 1.81. The first-order chi connectivity index (χ1) is 8.18. The topological polar surface area (TPSA) is 182 Å². The van der Waals surface area contributed by atoms with E-state index in [-0.39, 0.29) is 6.29 Å². The fourth-order valence-electron chi connectivity index (χ4n) is 0.618. The molecule has 0 bridgehead atoms. The lowest BCUT2D eigenvalue weighted by molar-refractivity contribution is -0.138. The van der Waals surface area contributed by atoms with E-state index in [9.17, 15) is 9.59 Å². The molecule has 0 aromatic rings. The summed E-state index contributed by atoms with van der Waals surface area (Å²) in [7, 11) is 0. The Morgan fingerprint density at radius 1 is 1.22 bits per heavy atom. The summed E-state index contributed by atoms with van der Waals surface area (Å²) in [6.45, 7) is 0.659. The number of carbonyl (C=O) groups excluding carboxylic acids is 1. The summed E-state index contributed by atoms with van der Waals surface area (Å²) >= 11 is 0. The number of carboxylic acids is 1. The van der Waals surface area contributed by atoms with Crippen LogP contribution < -0.4 is 5.73 Å². The predicted octanol–water partition coefficient (Wildman–Crippen LogP) is -3.96. The first kappa shape index (κ1) is 19.2. The highest BCUT2D eigenvalue weighted by molar-refractivity contribution is 5.72. The van der Waals surface area contributed by atoms with Crippen LogP contribution >= 0.6 is 0 Å². The zero-order valence-corrected chi connectivity index (χ0v) is 9.75. The number of aliphatic hydroxyl groups excluding tert-OH is 5. The molecule has 0 aliphatic rings. The van der Waals surface area contributed by atoms with Crippen LogP contribution in [0.2, 0.25) is 0 Å². The van der Waals surface area contributed by atoms with Crippen molar-refractivity contribution in [3.05, 3.63) is 0 Å². The number of aliphatic carboxylic acids is 1. The van der Waals surface area contributed by atoms with Gasteiger partial charge in [0, 0.05) is 0 Å². The van der Waals surface area contributed by atoms with Gasteiger partial charge < -0.3 is 41.2 Å². The van der Waals surface area contributed by atoms with Gasteiger partial charge in [0.15, 0.2) is 6.29 Å². The van der Waals surface area contributed by atoms with Crippen molar-refractivity contribution in [1.29, 1.82) is 0 Å². The van der Waals surface area contributed by atoms with Crippen molar-refractivity contribution in [2.24, 2.45) is 5.73 Å².